The lowest BCUT2D eigenvalue weighted by atomic mass is 9.97. The molecule has 1 saturated heterocycles. The van der Waals surface area contributed by atoms with Gasteiger partial charge in [0.05, 0.1) is 37.6 Å². The molecule has 0 saturated carbocycles. The zero-order valence-electron chi connectivity index (χ0n) is 67.5. The fraction of sp³-hybridized carbons (Fsp3) is 0.548. The largest absolute Gasteiger partial charge is 0.508 e. The third kappa shape index (κ3) is 38.7. The van der Waals surface area contributed by atoms with Gasteiger partial charge in [-0.1, -0.05) is 84.3 Å². The van der Waals surface area contributed by atoms with Crippen molar-refractivity contribution in [1.29, 1.82) is 0 Å². The van der Waals surface area contributed by atoms with E-state index in [2.05, 4.69) is 94.1 Å². The fourth-order valence-electron chi connectivity index (χ4n) is 11.6. The Morgan fingerprint density at radius 1 is 0.570 bits per heavy atom. The number of carboxylic acids is 1. The number of primary amides is 1. The normalized spacial score (nSPS) is 21.7. The Morgan fingerprint density at radius 3 is 1.67 bits per heavy atom. The number of carbonyl (C=O) groups is 15. The molecule has 44 nitrogen and oxygen atoms in total. The molecule has 1 aliphatic rings. The minimum absolute atomic E-state index is 0.0192. The number of H-pyrrole nitrogens is 1. The second-order valence-electron chi connectivity index (χ2n) is 27.9. The van der Waals surface area contributed by atoms with Crippen molar-refractivity contribution in [2.45, 2.75) is 176 Å². The minimum atomic E-state index is -2.01. The number of imidazole rings is 1. The number of thioether (sulfide) groups is 2. The van der Waals surface area contributed by atoms with Crippen LogP contribution in [0.15, 0.2) is 82.1 Å². The molecular formula is C73H114N26O18S4. The molecule has 668 valence electrons. The quantitative estimate of drug-likeness (QED) is 0.0111. The van der Waals surface area contributed by atoms with Gasteiger partial charge < -0.3 is 135 Å². The summed E-state index contributed by atoms with van der Waals surface area (Å²) < 4.78 is 0. The number of phenolic OH excluding ortho intramolecular Hbond substituents is 1. The molecule has 0 aliphatic carbocycles. The number of amides is 14. The standard InChI is InChI=1S/C73H114N26O18S4/c1-5-38(2)57-70(117)96-52(34-100)67(114)98-54(69(116)93-49(29-40-17-19-42(101)20-18-40)64(111)89-44(58(75)105)14-9-23-83-71(76)77)36-121-120-35-53(97-59(106)43(74)21-26-118-3)68(115)94-50(30-41-32-82-37-87-41)65(112)92-48(28-39-12-7-6-8-13-39)60(107)86-33-55(102)88-45(15-10-24-84-72(78)79)61(108)91-47(22-27-119-4)62(109)95-51(31-56(103)104)66(113)90-46(63(110)99-57)16-11-25-85-73(80)81/h6-8,12-13,17-20,32,37-38,43-54,57,100-101H,5,9-11,14-16,21-31,33-36,74H2,1-4H3,(H2,75,105)(H,82,87)(H,86,107)(H,88,102)(H,89,111)(H,90,113)(H,91,108)(H,92,112)(H,93,116)(H,94,115)(H,95,109)(H,96,117)(H,97,106)(H,98,114)(H,99,110)(H,103,104)(H4,76,77,83)(H4,78,79,84)(H4,80,81,85)/t38-,43-,44-,45-,46+,47+,48-,49-,50+,51-,52+,53-,54+,57-/m0/s1. The van der Waals surface area contributed by atoms with Gasteiger partial charge >= 0.3 is 5.97 Å². The highest BCUT2D eigenvalue weighted by atomic mass is 33.1. The molecule has 4 rings (SSSR count). The Morgan fingerprint density at radius 2 is 1.10 bits per heavy atom. The second kappa shape index (κ2) is 54.7. The predicted octanol–water partition coefficient (Wildman–Crippen LogP) is -7.54. The molecular weight excluding hydrogens is 1660 g/mol. The molecule has 0 unspecified atom stereocenters. The molecule has 3 aromatic rings. The molecule has 1 aromatic heterocycles. The average molecular weight is 1770 g/mol. The van der Waals surface area contributed by atoms with Crippen LogP contribution in [-0.2, 0) is 91.2 Å². The molecule has 1 aliphatic heterocycles. The third-order valence-corrected chi connectivity index (χ3v) is 22.1. The molecule has 0 radical (unpaired) electrons. The van der Waals surface area contributed by atoms with Crippen LogP contribution >= 0.6 is 45.1 Å². The highest BCUT2D eigenvalue weighted by Gasteiger charge is 2.39. The number of aromatic amines is 1. The molecule has 33 N–H and O–H groups in total. The van der Waals surface area contributed by atoms with Crippen LogP contribution < -0.4 is 115 Å². The molecule has 121 heavy (non-hydrogen) atoms. The lowest BCUT2D eigenvalue weighted by Crippen LogP contribution is -2.62. The number of aliphatic hydroxyl groups is 1. The monoisotopic (exact) mass is 1770 g/mol. The first-order chi connectivity index (χ1) is 57.6. The van der Waals surface area contributed by atoms with Crippen molar-refractivity contribution in [2.24, 2.45) is 66.8 Å². The Labute approximate surface area is 714 Å². The van der Waals surface area contributed by atoms with Gasteiger partial charge in [0.2, 0.25) is 82.7 Å². The molecule has 0 bridgehead atoms. The molecule has 0 spiro atoms. The summed E-state index contributed by atoms with van der Waals surface area (Å²) in [6, 6.07) is -7.53. The van der Waals surface area contributed by atoms with E-state index in [0.29, 0.717) is 16.9 Å². The molecule has 14 atom stereocenters. The van der Waals surface area contributed by atoms with Crippen molar-refractivity contribution in [2.75, 3.05) is 68.3 Å². The Balaban J connectivity index is 1.98. The maximum absolute atomic E-state index is 15.1. The van der Waals surface area contributed by atoms with Gasteiger partial charge in [0.1, 0.15) is 78.3 Å². The number of nitrogens with two attached hydrogens (primary N) is 8. The maximum atomic E-state index is 15.1. The van der Waals surface area contributed by atoms with E-state index in [9.17, 15) is 77.6 Å². The summed E-state index contributed by atoms with van der Waals surface area (Å²) in [5.74, 6) is -18.7. The molecule has 2 heterocycles. The Kier molecular flexibility index (Phi) is 46.1. The number of phenols is 1. The summed E-state index contributed by atoms with van der Waals surface area (Å²) in [7, 11) is 1.62. The number of aliphatic imine (C=N–C) groups is 3. The van der Waals surface area contributed by atoms with Gasteiger partial charge in [-0.25, -0.2) is 4.98 Å². The Hall–Kier alpha value is -11.4. The molecule has 2 aromatic carbocycles. The second-order valence-corrected chi connectivity index (χ2v) is 32.4. The van der Waals surface area contributed by atoms with Crippen molar-refractivity contribution >= 4 is 152 Å². The number of carbonyl (C=O) groups excluding carboxylic acids is 14. The lowest BCUT2D eigenvalue weighted by molar-refractivity contribution is -0.141. The summed E-state index contributed by atoms with van der Waals surface area (Å²) >= 11 is 2.61. The van der Waals surface area contributed by atoms with Gasteiger partial charge in [-0.2, -0.15) is 23.5 Å². The molecule has 48 heteroatoms. The molecule has 1 fully saturated rings. The van der Waals surface area contributed by atoms with Crippen molar-refractivity contribution in [3.05, 3.63) is 83.9 Å². The van der Waals surface area contributed by atoms with E-state index in [1.807, 2.05) is 0 Å². The number of aromatic hydroxyl groups is 1. The van der Waals surface area contributed by atoms with E-state index in [1.54, 1.807) is 49.8 Å². The summed E-state index contributed by atoms with van der Waals surface area (Å²) in [6.07, 6.45) is 3.62. The van der Waals surface area contributed by atoms with Crippen LogP contribution in [0.4, 0.5) is 0 Å². The number of aliphatic hydroxyl groups excluding tert-OH is 1. The van der Waals surface area contributed by atoms with Gasteiger partial charge in [-0.3, -0.25) is 86.9 Å². The minimum Gasteiger partial charge on any atom is -0.508 e. The highest BCUT2D eigenvalue weighted by Crippen LogP contribution is 2.25. The highest BCUT2D eigenvalue weighted by molar-refractivity contribution is 8.76. The number of nitrogens with zero attached hydrogens (tertiary/aromatic N) is 4. The van der Waals surface area contributed by atoms with E-state index in [4.69, 9.17) is 45.9 Å². The smallest absolute Gasteiger partial charge is 0.305 e. The number of guanidine groups is 3. The topological polar surface area (TPSA) is 747 Å². The van der Waals surface area contributed by atoms with Gasteiger partial charge in [-0.05, 0) is 105 Å². The average Bonchev–Trinajstić information content (AvgIpc) is 1.78. The zero-order chi connectivity index (χ0) is 89.7. The van der Waals surface area contributed by atoms with E-state index in [-0.39, 0.29) is 132 Å². The van der Waals surface area contributed by atoms with Crippen molar-refractivity contribution < 1.29 is 87.2 Å². The first kappa shape index (κ1) is 102. The van der Waals surface area contributed by atoms with Crippen LogP contribution in [0.25, 0.3) is 0 Å². The first-order valence-electron chi connectivity index (χ1n) is 38.5. The number of aliphatic carboxylic acids is 1. The molecule has 14 amide bonds. The lowest BCUT2D eigenvalue weighted by Gasteiger charge is -2.29. The van der Waals surface area contributed by atoms with Gasteiger partial charge in [-0.15, -0.1) is 0 Å². The van der Waals surface area contributed by atoms with Crippen LogP contribution in [0.2, 0.25) is 0 Å². The van der Waals surface area contributed by atoms with Gasteiger partial charge in [0, 0.05) is 56.6 Å². The number of carboxylic acid groups (broad SMARTS) is 1. The number of hydrogen-bond donors (Lipinski definition) is 25. The Bertz CT molecular complexity index is 4020. The number of aromatic nitrogens is 2. The maximum Gasteiger partial charge on any atom is 0.305 e. The van der Waals surface area contributed by atoms with Crippen molar-refractivity contribution in [1.82, 2.24) is 79.1 Å². The van der Waals surface area contributed by atoms with E-state index < -0.39 is 204 Å². The summed E-state index contributed by atoms with van der Waals surface area (Å²) in [6.45, 7) is 0.901. The van der Waals surface area contributed by atoms with Crippen LogP contribution in [0.5, 0.6) is 5.75 Å². The van der Waals surface area contributed by atoms with Crippen molar-refractivity contribution in [3.8, 4) is 5.75 Å². The van der Waals surface area contributed by atoms with E-state index >= 15 is 9.59 Å². The first-order valence-corrected chi connectivity index (χ1v) is 43.8. The van der Waals surface area contributed by atoms with Crippen LogP contribution in [-0.4, -0.2) is 279 Å². The van der Waals surface area contributed by atoms with Crippen LogP contribution in [0, 0.1) is 5.92 Å². The summed E-state index contributed by atoms with van der Waals surface area (Å²) in [4.78, 5) is 234. The zero-order valence-corrected chi connectivity index (χ0v) is 70.8. The fourth-order valence-corrected chi connectivity index (χ4v) is 14.8. The van der Waals surface area contributed by atoms with Gasteiger partial charge in [0.25, 0.3) is 0 Å². The van der Waals surface area contributed by atoms with Crippen LogP contribution in [0.1, 0.15) is 94.9 Å². The van der Waals surface area contributed by atoms with E-state index in [1.165, 1.54) is 67.2 Å². The predicted molar refractivity (Wildman–Crippen MR) is 457 cm³/mol. The number of benzene rings is 2. The number of nitrogens with one attached hydrogen (secondary N) is 14. The van der Waals surface area contributed by atoms with E-state index in [0.717, 1.165) is 21.6 Å². The number of hydrogen-bond acceptors (Lipinski definition) is 26. The third-order valence-electron chi connectivity index (χ3n) is 18.4. The van der Waals surface area contributed by atoms with Gasteiger partial charge in [0.15, 0.2) is 17.9 Å². The number of rotatable bonds is 36. The summed E-state index contributed by atoms with van der Waals surface area (Å²) in [5.41, 5.74) is 46.4. The summed E-state index contributed by atoms with van der Waals surface area (Å²) in [5, 5.41) is 64.3. The van der Waals surface area contributed by atoms with Crippen LogP contribution in [0.3, 0.4) is 0 Å². The SMILES string of the molecule is CC[C@H](C)[C@@H]1NC(=O)[C@@H](CCCN=C(N)N)NC(=O)[C@H](CC(=O)O)NC(=O)[C@@H](CCSC)NC(=O)[C@H](CCCN=C(N)N)NC(=O)CNC(=O)[C@H](Cc2ccccc2)NC(=O)[C@@H](Cc2c[nH]cn2)NC(=O)[C@@H](NC(=O)[C@@H](N)CCSC)CSSC[C@H](C(=O)N[C@@H](Cc2ccc(O)cc2)C(=O)N[C@@H](CCCN=C(N)N)C(N)=O)NC(=O)[C@@H](CO)NC1=O. The van der Waals surface area contributed by atoms with Crippen molar-refractivity contribution in [3.63, 3.8) is 0 Å².